The predicted molar refractivity (Wildman–Crippen MR) is 80.6 cm³/mol. The van der Waals surface area contributed by atoms with E-state index in [1.165, 1.54) is 0 Å². The summed E-state index contributed by atoms with van der Waals surface area (Å²) in [7, 11) is -1.81. The van der Waals surface area contributed by atoms with Crippen LogP contribution in [0.4, 0.5) is 0 Å². The molecule has 1 rings (SSSR count). The molecule has 0 aromatic heterocycles. The smallest absolute Gasteiger partial charge is 0.212 e. The summed E-state index contributed by atoms with van der Waals surface area (Å²) in [5, 5.41) is 0. The van der Waals surface area contributed by atoms with E-state index in [0.29, 0.717) is 25.9 Å². The van der Waals surface area contributed by atoms with E-state index in [2.05, 4.69) is 4.72 Å². The van der Waals surface area contributed by atoms with Crippen molar-refractivity contribution >= 4 is 27.2 Å². The predicted octanol–water partition coefficient (Wildman–Crippen LogP) is 1.32. The van der Waals surface area contributed by atoms with E-state index in [4.69, 9.17) is 22.7 Å². The first-order chi connectivity index (χ1) is 8.92. The van der Waals surface area contributed by atoms with Crippen molar-refractivity contribution in [2.75, 3.05) is 19.5 Å². The van der Waals surface area contributed by atoms with Crippen LogP contribution in [0.5, 0.6) is 0 Å². The average molecular weight is 308 g/mol. The maximum atomic E-state index is 12.1. The summed E-state index contributed by atoms with van der Waals surface area (Å²) >= 11 is 5.12. The summed E-state index contributed by atoms with van der Waals surface area (Å²) in [6, 6.07) is 0. The minimum Gasteiger partial charge on any atom is -0.392 e. The van der Waals surface area contributed by atoms with Gasteiger partial charge in [-0.3, -0.25) is 0 Å². The lowest BCUT2D eigenvalue weighted by Crippen LogP contribution is -2.56. The van der Waals surface area contributed by atoms with Gasteiger partial charge < -0.3 is 10.5 Å². The number of methoxy groups -OCH3 is 1. The van der Waals surface area contributed by atoms with Crippen LogP contribution in [0, 0.1) is 0 Å². The van der Waals surface area contributed by atoms with Crippen LogP contribution >= 0.6 is 12.2 Å². The van der Waals surface area contributed by atoms with Gasteiger partial charge in [-0.25, -0.2) is 13.1 Å². The van der Waals surface area contributed by atoms with Gasteiger partial charge in [0.2, 0.25) is 10.0 Å². The molecule has 19 heavy (non-hydrogen) atoms. The van der Waals surface area contributed by atoms with Gasteiger partial charge in [0.15, 0.2) is 0 Å². The van der Waals surface area contributed by atoms with E-state index < -0.39 is 15.6 Å². The molecule has 0 aromatic rings. The Kier molecular flexibility index (Phi) is 6.65. The van der Waals surface area contributed by atoms with Crippen molar-refractivity contribution in [3.8, 4) is 0 Å². The Morgan fingerprint density at radius 3 is 2.37 bits per heavy atom. The van der Waals surface area contributed by atoms with E-state index in [1.807, 2.05) is 0 Å². The number of ether oxygens (including phenoxy) is 1. The van der Waals surface area contributed by atoms with Crippen LogP contribution in [0.3, 0.4) is 0 Å². The summed E-state index contributed by atoms with van der Waals surface area (Å²) in [5.74, 6) is 0.0468. The van der Waals surface area contributed by atoms with Gasteiger partial charge in [-0.2, -0.15) is 0 Å². The number of rotatable bonds is 7. The Hall–Kier alpha value is -0.240. The molecule has 0 aliphatic heterocycles. The molecule has 0 radical (unpaired) electrons. The minimum atomic E-state index is -3.37. The van der Waals surface area contributed by atoms with Crippen LogP contribution in [-0.2, 0) is 14.8 Å². The Bertz CT molecular complexity index is 388. The van der Waals surface area contributed by atoms with E-state index in [9.17, 15) is 8.42 Å². The highest BCUT2D eigenvalue weighted by molar-refractivity contribution is 7.89. The van der Waals surface area contributed by atoms with E-state index in [0.717, 1.165) is 25.7 Å². The number of thiocarbonyl (C=S) groups is 1. The largest absolute Gasteiger partial charge is 0.392 e. The first kappa shape index (κ1) is 16.8. The van der Waals surface area contributed by atoms with Crippen molar-refractivity contribution in [2.45, 2.75) is 50.5 Å². The molecule has 1 aliphatic rings. The topological polar surface area (TPSA) is 81.4 Å². The molecule has 1 saturated carbocycles. The summed E-state index contributed by atoms with van der Waals surface area (Å²) in [6.45, 7) is 0.432. The van der Waals surface area contributed by atoms with Crippen molar-refractivity contribution in [1.29, 1.82) is 0 Å². The van der Waals surface area contributed by atoms with Gasteiger partial charge in [0.25, 0.3) is 0 Å². The molecule has 0 saturated heterocycles. The molecule has 5 nitrogen and oxygen atoms in total. The number of nitrogens with two attached hydrogens (primary N) is 1. The van der Waals surface area contributed by atoms with Gasteiger partial charge in [-0.05, 0) is 19.3 Å². The summed E-state index contributed by atoms with van der Waals surface area (Å²) < 4.78 is 31.9. The van der Waals surface area contributed by atoms with Gasteiger partial charge >= 0.3 is 0 Å². The lowest BCUT2D eigenvalue weighted by atomic mass is 9.91. The lowest BCUT2D eigenvalue weighted by molar-refractivity contribution is 0.199. The molecule has 0 heterocycles. The van der Waals surface area contributed by atoms with Crippen molar-refractivity contribution < 1.29 is 13.2 Å². The Labute approximate surface area is 121 Å². The third-order valence-electron chi connectivity index (χ3n) is 3.54. The van der Waals surface area contributed by atoms with E-state index in [1.54, 1.807) is 7.11 Å². The van der Waals surface area contributed by atoms with E-state index >= 15 is 0 Å². The molecular formula is C12H24N2O3S2. The number of nitrogens with one attached hydrogen (secondary N) is 1. The fourth-order valence-corrected chi connectivity index (χ4v) is 4.30. The highest BCUT2D eigenvalue weighted by atomic mass is 32.2. The Morgan fingerprint density at radius 1 is 1.32 bits per heavy atom. The highest BCUT2D eigenvalue weighted by Gasteiger charge is 2.37. The number of sulfonamides is 1. The standard InChI is InChI=1S/C12H24N2O3S2/c1-17-9-6-10-19(15,16)14-12(11(13)18)7-4-2-3-5-8-12/h14H,2-10H2,1H3,(H2,13,18). The normalized spacial score (nSPS) is 19.8. The zero-order valence-corrected chi connectivity index (χ0v) is 13.1. The second-order valence-electron chi connectivity index (χ2n) is 5.13. The zero-order valence-electron chi connectivity index (χ0n) is 11.5. The van der Waals surface area contributed by atoms with Gasteiger partial charge in [0.05, 0.1) is 16.3 Å². The summed E-state index contributed by atoms with van der Waals surface area (Å²) in [4.78, 5) is 0.268. The zero-order chi connectivity index (χ0) is 14.4. The van der Waals surface area contributed by atoms with Gasteiger partial charge in [0, 0.05) is 13.7 Å². The molecule has 112 valence electrons. The minimum absolute atomic E-state index is 0.0468. The summed E-state index contributed by atoms with van der Waals surface area (Å²) in [6.07, 6.45) is 6.00. The Balaban J connectivity index is 2.74. The third-order valence-corrected chi connectivity index (χ3v) is 5.46. The van der Waals surface area contributed by atoms with Crippen molar-refractivity contribution in [3.05, 3.63) is 0 Å². The van der Waals surface area contributed by atoms with Crippen LogP contribution in [0.1, 0.15) is 44.9 Å². The molecule has 0 bridgehead atoms. The molecule has 0 unspecified atom stereocenters. The van der Waals surface area contributed by atoms with Crippen LogP contribution in [0.25, 0.3) is 0 Å². The molecule has 0 amide bonds. The van der Waals surface area contributed by atoms with Gasteiger partial charge in [-0.15, -0.1) is 0 Å². The third kappa shape index (κ3) is 5.33. The first-order valence-corrected chi connectivity index (χ1v) is 8.78. The first-order valence-electron chi connectivity index (χ1n) is 6.72. The Morgan fingerprint density at radius 2 is 1.89 bits per heavy atom. The molecule has 1 aliphatic carbocycles. The fourth-order valence-electron chi connectivity index (χ4n) is 2.47. The second kappa shape index (κ2) is 7.52. The molecule has 7 heteroatoms. The molecule has 0 aromatic carbocycles. The maximum Gasteiger partial charge on any atom is 0.212 e. The number of hydrogen-bond donors (Lipinski definition) is 2. The van der Waals surface area contributed by atoms with Crippen LogP contribution < -0.4 is 10.5 Å². The monoisotopic (exact) mass is 308 g/mol. The van der Waals surface area contributed by atoms with Crippen molar-refractivity contribution in [2.24, 2.45) is 5.73 Å². The average Bonchev–Trinajstić information content (AvgIpc) is 2.55. The molecule has 1 fully saturated rings. The lowest BCUT2D eigenvalue weighted by Gasteiger charge is -2.32. The quantitative estimate of drug-likeness (QED) is 0.421. The van der Waals surface area contributed by atoms with Crippen LogP contribution in [0.2, 0.25) is 0 Å². The molecule has 0 atom stereocenters. The van der Waals surface area contributed by atoms with Crippen molar-refractivity contribution in [1.82, 2.24) is 4.72 Å². The molecule has 0 spiro atoms. The molecular weight excluding hydrogens is 284 g/mol. The summed E-state index contributed by atoms with van der Waals surface area (Å²) in [5.41, 5.74) is 5.09. The van der Waals surface area contributed by atoms with Gasteiger partial charge in [-0.1, -0.05) is 37.9 Å². The van der Waals surface area contributed by atoms with Crippen LogP contribution in [-0.4, -0.2) is 38.4 Å². The van der Waals surface area contributed by atoms with Crippen LogP contribution in [0.15, 0.2) is 0 Å². The number of hydrogen-bond acceptors (Lipinski definition) is 4. The highest BCUT2D eigenvalue weighted by Crippen LogP contribution is 2.28. The SMILES string of the molecule is COCCCS(=O)(=O)NC1(C(N)=S)CCCCCC1. The van der Waals surface area contributed by atoms with Gasteiger partial charge in [0.1, 0.15) is 0 Å². The fraction of sp³-hybridized carbons (Fsp3) is 0.917. The van der Waals surface area contributed by atoms with Crippen molar-refractivity contribution in [3.63, 3.8) is 0 Å². The maximum absolute atomic E-state index is 12.1. The molecule has 3 N–H and O–H groups in total. The van der Waals surface area contributed by atoms with E-state index in [-0.39, 0.29) is 10.7 Å². The second-order valence-corrected chi connectivity index (χ2v) is 7.41.